The lowest BCUT2D eigenvalue weighted by Gasteiger charge is -2.12. The summed E-state index contributed by atoms with van der Waals surface area (Å²) in [4.78, 5) is 11.0. The van der Waals surface area contributed by atoms with Gasteiger partial charge in [0.05, 0.1) is 5.56 Å². The molecule has 0 atom stereocenters. The van der Waals surface area contributed by atoms with Crippen LogP contribution >= 0.6 is 11.8 Å². The Balaban J connectivity index is 3.16. The van der Waals surface area contributed by atoms with Gasteiger partial charge in [-0.25, -0.2) is 0 Å². The van der Waals surface area contributed by atoms with Crippen molar-refractivity contribution in [2.75, 3.05) is 6.26 Å². The van der Waals surface area contributed by atoms with Crippen molar-refractivity contribution in [1.82, 2.24) is 0 Å². The van der Waals surface area contributed by atoms with Crippen molar-refractivity contribution in [3.63, 3.8) is 0 Å². The number of hydrogen-bond acceptors (Lipinski definition) is 2. The van der Waals surface area contributed by atoms with E-state index in [1.807, 2.05) is 0 Å². The quantitative estimate of drug-likeness (QED) is 0.761. The molecule has 0 saturated heterocycles. The monoisotopic (exact) mass is 248 g/mol. The van der Waals surface area contributed by atoms with Gasteiger partial charge in [0, 0.05) is 11.3 Å². The third kappa shape index (κ3) is 3.27. The smallest absolute Gasteiger partial charge is 0.300 e. The Labute approximate surface area is 96.0 Å². The number of Topliss-reactive ketones (excluding diaryl/α,β-unsaturated/α-hetero) is 1. The molecule has 0 amide bonds. The van der Waals surface area contributed by atoms with Crippen LogP contribution in [-0.2, 0) is 17.4 Å². The third-order valence-corrected chi connectivity index (χ3v) is 2.82. The number of carbonyl (C=O) groups excluding carboxylic acids is 1. The van der Waals surface area contributed by atoms with Crippen molar-refractivity contribution in [2.24, 2.45) is 0 Å². The lowest BCUT2D eigenvalue weighted by molar-refractivity contribution is -0.139. The molecule has 0 saturated carbocycles. The van der Waals surface area contributed by atoms with Crippen molar-refractivity contribution in [3.05, 3.63) is 29.3 Å². The summed E-state index contributed by atoms with van der Waals surface area (Å²) in [5, 5.41) is 0. The number of thioether (sulfide) groups is 1. The standard InChI is InChI=1S/C11H11F3OS/c1-7(15)5-8-3-4-10(16-2)9(6-8)11(12,13)14/h3-4,6H,5H2,1-2H3. The van der Waals surface area contributed by atoms with E-state index in [0.717, 1.165) is 17.8 Å². The normalized spacial score (nSPS) is 11.6. The van der Waals surface area contributed by atoms with E-state index >= 15 is 0 Å². The van der Waals surface area contributed by atoms with E-state index in [-0.39, 0.29) is 17.1 Å². The highest BCUT2D eigenvalue weighted by Crippen LogP contribution is 2.36. The maximum Gasteiger partial charge on any atom is 0.417 e. The van der Waals surface area contributed by atoms with E-state index in [2.05, 4.69) is 0 Å². The number of halogens is 3. The molecule has 1 nitrogen and oxygen atoms in total. The number of rotatable bonds is 3. The molecule has 1 aromatic carbocycles. The highest BCUT2D eigenvalue weighted by Gasteiger charge is 2.33. The van der Waals surface area contributed by atoms with Crippen LogP contribution in [-0.4, -0.2) is 12.0 Å². The second-order valence-corrected chi connectivity index (χ2v) is 4.26. The fourth-order valence-electron chi connectivity index (χ4n) is 1.37. The van der Waals surface area contributed by atoms with Gasteiger partial charge in [-0.2, -0.15) is 13.2 Å². The van der Waals surface area contributed by atoms with E-state index < -0.39 is 11.7 Å². The van der Waals surface area contributed by atoms with Crippen LogP contribution in [0.5, 0.6) is 0 Å². The lowest BCUT2D eigenvalue weighted by atomic mass is 10.1. The molecule has 0 spiro atoms. The first-order valence-corrected chi connectivity index (χ1v) is 5.80. The van der Waals surface area contributed by atoms with Gasteiger partial charge in [0.1, 0.15) is 5.78 Å². The Bertz CT molecular complexity index is 399. The highest BCUT2D eigenvalue weighted by atomic mass is 32.2. The summed E-state index contributed by atoms with van der Waals surface area (Å²) in [6, 6.07) is 4.02. The van der Waals surface area contributed by atoms with Gasteiger partial charge >= 0.3 is 6.18 Å². The Kier molecular flexibility index (Phi) is 4.02. The van der Waals surface area contributed by atoms with E-state index in [4.69, 9.17) is 0 Å². The fourth-order valence-corrected chi connectivity index (χ4v) is 1.97. The molecular formula is C11H11F3OS. The zero-order valence-corrected chi connectivity index (χ0v) is 9.71. The molecule has 0 aliphatic rings. The first-order valence-electron chi connectivity index (χ1n) is 4.58. The summed E-state index contributed by atoms with van der Waals surface area (Å²) in [6.07, 6.45) is -2.74. The van der Waals surface area contributed by atoms with Gasteiger partial charge in [0.15, 0.2) is 0 Å². The van der Waals surface area contributed by atoms with Crippen molar-refractivity contribution in [1.29, 1.82) is 0 Å². The molecule has 1 aromatic rings. The molecule has 0 bridgehead atoms. The minimum atomic E-state index is -4.37. The molecule has 0 unspecified atom stereocenters. The molecular weight excluding hydrogens is 237 g/mol. The number of carbonyl (C=O) groups is 1. The van der Waals surface area contributed by atoms with E-state index in [0.29, 0.717) is 5.56 Å². The summed E-state index contributed by atoms with van der Waals surface area (Å²) < 4.78 is 38.0. The number of ketones is 1. The first kappa shape index (κ1) is 13.1. The van der Waals surface area contributed by atoms with Crippen LogP contribution in [0.3, 0.4) is 0 Å². The van der Waals surface area contributed by atoms with E-state index in [1.54, 1.807) is 12.3 Å². The Morgan fingerprint density at radius 2 is 2.00 bits per heavy atom. The molecule has 16 heavy (non-hydrogen) atoms. The minimum Gasteiger partial charge on any atom is -0.300 e. The molecule has 0 aliphatic heterocycles. The minimum absolute atomic E-state index is 0.0394. The van der Waals surface area contributed by atoms with Gasteiger partial charge in [0.25, 0.3) is 0 Å². The molecule has 0 fully saturated rings. The molecule has 0 heterocycles. The predicted molar refractivity (Wildman–Crippen MR) is 57.6 cm³/mol. The van der Waals surface area contributed by atoms with E-state index in [9.17, 15) is 18.0 Å². The zero-order chi connectivity index (χ0) is 12.3. The summed E-state index contributed by atoms with van der Waals surface area (Å²) in [7, 11) is 0. The Morgan fingerprint density at radius 1 is 1.38 bits per heavy atom. The molecule has 0 N–H and O–H groups in total. The molecule has 0 aromatic heterocycles. The number of hydrogen-bond donors (Lipinski definition) is 0. The molecule has 88 valence electrons. The van der Waals surface area contributed by atoms with Gasteiger partial charge in [-0.15, -0.1) is 11.8 Å². The van der Waals surface area contributed by atoms with E-state index in [1.165, 1.54) is 13.0 Å². The maximum absolute atomic E-state index is 12.7. The van der Waals surface area contributed by atoms with Crippen molar-refractivity contribution >= 4 is 17.5 Å². The highest BCUT2D eigenvalue weighted by molar-refractivity contribution is 7.98. The second-order valence-electron chi connectivity index (χ2n) is 3.41. The Hall–Kier alpha value is -0.970. The summed E-state index contributed by atoms with van der Waals surface area (Å²) >= 11 is 1.04. The van der Waals surface area contributed by atoms with Crippen molar-refractivity contribution in [2.45, 2.75) is 24.4 Å². The molecule has 5 heteroatoms. The lowest BCUT2D eigenvalue weighted by Crippen LogP contribution is -2.08. The number of benzene rings is 1. The summed E-state index contributed by atoms with van der Waals surface area (Å²) in [5.74, 6) is -0.148. The maximum atomic E-state index is 12.7. The predicted octanol–water partition coefficient (Wildman–Crippen LogP) is 3.56. The second kappa shape index (κ2) is 4.91. The van der Waals surface area contributed by atoms with Gasteiger partial charge in [0.2, 0.25) is 0 Å². The average Bonchev–Trinajstić information content (AvgIpc) is 2.15. The Morgan fingerprint density at radius 3 is 2.44 bits per heavy atom. The van der Waals surface area contributed by atoms with Crippen LogP contribution in [0.2, 0.25) is 0 Å². The van der Waals surface area contributed by atoms with Gasteiger partial charge in [-0.05, 0) is 30.9 Å². The fraction of sp³-hybridized carbons (Fsp3) is 0.364. The molecule has 0 aliphatic carbocycles. The third-order valence-electron chi connectivity index (χ3n) is 2.02. The topological polar surface area (TPSA) is 17.1 Å². The van der Waals surface area contributed by atoms with Crippen molar-refractivity contribution < 1.29 is 18.0 Å². The largest absolute Gasteiger partial charge is 0.417 e. The van der Waals surface area contributed by atoms with Gasteiger partial charge < -0.3 is 0 Å². The molecule has 1 rings (SSSR count). The van der Waals surface area contributed by atoms with Crippen LogP contribution in [0.1, 0.15) is 18.1 Å². The van der Waals surface area contributed by atoms with Crippen LogP contribution in [0.4, 0.5) is 13.2 Å². The van der Waals surface area contributed by atoms with Crippen LogP contribution in [0, 0.1) is 0 Å². The van der Waals surface area contributed by atoms with Gasteiger partial charge in [-0.1, -0.05) is 6.07 Å². The first-order chi connectivity index (χ1) is 7.34. The average molecular weight is 248 g/mol. The SMILES string of the molecule is CSc1ccc(CC(C)=O)cc1C(F)(F)F. The van der Waals surface area contributed by atoms with Crippen molar-refractivity contribution in [3.8, 4) is 0 Å². The summed E-state index contributed by atoms with van der Waals surface area (Å²) in [6.45, 7) is 1.36. The van der Waals surface area contributed by atoms with Crippen LogP contribution < -0.4 is 0 Å². The molecule has 0 radical (unpaired) electrons. The number of alkyl halides is 3. The summed E-state index contributed by atoms with van der Waals surface area (Å²) in [5.41, 5.74) is -0.267. The van der Waals surface area contributed by atoms with Crippen LogP contribution in [0.15, 0.2) is 23.1 Å². The van der Waals surface area contributed by atoms with Crippen LogP contribution in [0.25, 0.3) is 0 Å². The van der Waals surface area contributed by atoms with Gasteiger partial charge in [-0.3, -0.25) is 4.79 Å². The zero-order valence-electron chi connectivity index (χ0n) is 8.89.